The minimum absolute atomic E-state index is 0.338. The summed E-state index contributed by atoms with van der Waals surface area (Å²) in [6.07, 6.45) is -1.61. The van der Waals surface area contributed by atoms with Crippen LogP contribution in [-0.2, 0) is 33.2 Å². The van der Waals surface area contributed by atoms with Crippen molar-refractivity contribution in [3.8, 4) is 11.5 Å². The predicted molar refractivity (Wildman–Crippen MR) is 122 cm³/mol. The standard InChI is InChI=1S/C24H38O7Si/c1-15(2)16(12-10-11-13-32(7,8)9)21(25)27-19-18(17-14-26-23(3,4)29-17)28-22-20(19)30-24(5,6)31-22/h16-20,22H,1,10,12,14H2,2-9H3/t16-,17+,18-,19+,20-,22-/m1/s1. The number of carbonyl (C=O) groups is 1. The van der Waals surface area contributed by atoms with Crippen molar-refractivity contribution >= 4 is 14.0 Å². The molecule has 0 aromatic heterocycles. The van der Waals surface area contributed by atoms with Crippen LogP contribution in [0.4, 0.5) is 0 Å². The predicted octanol–water partition coefficient (Wildman–Crippen LogP) is 3.78. The lowest BCUT2D eigenvalue weighted by Crippen LogP contribution is -2.46. The van der Waals surface area contributed by atoms with Crippen molar-refractivity contribution in [2.24, 2.45) is 5.92 Å². The fourth-order valence-electron chi connectivity index (χ4n) is 4.14. The SMILES string of the molecule is C=C(C)[C@@H](CCC#C[Si](C)(C)C)C(=O)O[C@@H]1[C@H]2OC(C)(C)O[C@H]2O[C@@H]1[C@@H]1COC(C)(C)O1. The van der Waals surface area contributed by atoms with Gasteiger partial charge < -0.3 is 28.4 Å². The van der Waals surface area contributed by atoms with Crippen molar-refractivity contribution in [1.29, 1.82) is 0 Å². The molecule has 6 atom stereocenters. The molecule has 3 fully saturated rings. The highest BCUT2D eigenvalue weighted by molar-refractivity contribution is 6.83. The van der Waals surface area contributed by atoms with Gasteiger partial charge in [0.2, 0.25) is 0 Å². The van der Waals surface area contributed by atoms with Crippen molar-refractivity contribution in [2.75, 3.05) is 6.61 Å². The molecule has 0 spiro atoms. The third-order valence-electron chi connectivity index (χ3n) is 5.58. The lowest BCUT2D eigenvalue weighted by Gasteiger charge is -2.29. The zero-order valence-electron chi connectivity index (χ0n) is 20.7. The second kappa shape index (κ2) is 9.20. The Morgan fingerprint density at radius 1 is 1.12 bits per heavy atom. The second-order valence-electron chi connectivity index (χ2n) is 10.8. The zero-order chi connectivity index (χ0) is 23.9. The van der Waals surface area contributed by atoms with Crippen LogP contribution in [0.1, 0.15) is 47.5 Å². The molecule has 7 nitrogen and oxygen atoms in total. The number of carbonyl (C=O) groups excluding carboxylic acids is 1. The summed E-state index contributed by atoms with van der Waals surface area (Å²) in [5.74, 6) is 0.884. The Kier molecular flexibility index (Phi) is 7.31. The van der Waals surface area contributed by atoms with Gasteiger partial charge in [-0.25, -0.2) is 0 Å². The summed E-state index contributed by atoms with van der Waals surface area (Å²) in [7, 11) is -1.45. The summed E-state index contributed by atoms with van der Waals surface area (Å²) < 4.78 is 35.8. The Labute approximate surface area is 193 Å². The summed E-state index contributed by atoms with van der Waals surface area (Å²) in [6.45, 7) is 20.1. The van der Waals surface area contributed by atoms with Gasteiger partial charge in [-0.1, -0.05) is 31.8 Å². The van der Waals surface area contributed by atoms with Gasteiger partial charge in [0.15, 0.2) is 30.1 Å². The molecule has 0 aromatic rings. The van der Waals surface area contributed by atoms with E-state index in [4.69, 9.17) is 28.4 Å². The maximum Gasteiger partial charge on any atom is 0.313 e. The topological polar surface area (TPSA) is 72.5 Å². The molecule has 3 saturated heterocycles. The highest BCUT2D eigenvalue weighted by atomic mass is 28.3. The van der Waals surface area contributed by atoms with Crippen molar-refractivity contribution < 1.29 is 33.2 Å². The van der Waals surface area contributed by atoms with Gasteiger partial charge in [0, 0.05) is 6.42 Å². The summed E-state index contributed by atoms with van der Waals surface area (Å²) in [6, 6.07) is 0. The van der Waals surface area contributed by atoms with Crippen LogP contribution in [0.2, 0.25) is 19.6 Å². The average Bonchev–Trinajstić information content (AvgIpc) is 3.23. The minimum atomic E-state index is -1.45. The van der Waals surface area contributed by atoms with Gasteiger partial charge in [-0.05, 0) is 41.0 Å². The molecule has 3 heterocycles. The number of rotatable bonds is 6. The van der Waals surface area contributed by atoms with E-state index in [1.54, 1.807) is 0 Å². The monoisotopic (exact) mass is 466 g/mol. The summed E-state index contributed by atoms with van der Waals surface area (Å²) >= 11 is 0. The Morgan fingerprint density at radius 3 is 2.38 bits per heavy atom. The summed E-state index contributed by atoms with van der Waals surface area (Å²) in [5, 5.41) is 0. The van der Waals surface area contributed by atoms with E-state index in [0.717, 1.165) is 5.57 Å². The lowest BCUT2D eigenvalue weighted by molar-refractivity contribution is -0.235. The Morgan fingerprint density at radius 2 is 1.81 bits per heavy atom. The zero-order valence-corrected chi connectivity index (χ0v) is 21.7. The van der Waals surface area contributed by atoms with E-state index in [2.05, 4.69) is 37.7 Å². The van der Waals surface area contributed by atoms with Gasteiger partial charge in [0.05, 0.1) is 12.5 Å². The molecule has 0 aromatic carbocycles. The number of hydrogen-bond acceptors (Lipinski definition) is 7. The molecule has 3 aliphatic rings. The van der Waals surface area contributed by atoms with E-state index in [9.17, 15) is 4.79 Å². The second-order valence-corrected chi connectivity index (χ2v) is 15.6. The molecule has 180 valence electrons. The van der Waals surface area contributed by atoms with Crippen molar-refractivity contribution in [1.82, 2.24) is 0 Å². The van der Waals surface area contributed by atoms with Gasteiger partial charge in [0.25, 0.3) is 0 Å². The highest BCUT2D eigenvalue weighted by Gasteiger charge is 2.60. The van der Waals surface area contributed by atoms with Crippen LogP contribution in [0.3, 0.4) is 0 Å². The quantitative estimate of drug-likeness (QED) is 0.255. The molecule has 3 aliphatic heterocycles. The fourth-order valence-corrected chi connectivity index (χ4v) is 4.80. The molecule has 0 aliphatic carbocycles. The maximum absolute atomic E-state index is 13.2. The molecule has 8 heteroatoms. The highest BCUT2D eigenvalue weighted by Crippen LogP contribution is 2.42. The summed E-state index contributed by atoms with van der Waals surface area (Å²) in [5.41, 5.74) is 4.09. The van der Waals surface area contributed by atoms with E-state index < -0.39 is 56.3 Å². The van der Waals surface area contributed by atoms with E-state index in [-0.39, 0.29) is 5.97 Å². The maximum atomic E-state index is 13.2. The number of hydrogen-bond donors (Lipinski definition) is 0. The molecule has 0 radical (unpaired) electrons. The first-order valence-electron chi connectivity index (χ1n) is 11.4. The van der Waals surface area contributed by atoms with E-state index in [1.165, 1.54) is 0 Å². The molecule has 3 rings (SSSR count). The van der Waals surface area contributed by atoms with E-state index in [1.807, 2.05) is 34.6 Å². The third kappa shape index (κ3) is 6.22. The van der Waals surface area contributed by atoms with Crippen molar-refractivity contribution in [3.05, 3.63) is 12.2 Å². The molecular weight excluding hydrogens is 428 g/mol. The van der Waals surface area contributed by atoms with E-state index >= 15 is 0 Å². The van der Waals surface area contributed by atoms with Gasteiger partial charge in [-0.2, -0.15) is 0 Å². The molecule has 32 heavy (non-hydrogen) atoms. The Balaban J connectivity index is 1.73. The Bertz CT molecular complexity index is 788. The lowest BCUT2D eigenvalue weighted by atomic mass is 9.96. The fraction of sp³-hybridized carbons (Fsp3) is 0.792. The molecule has 0 amide bonds. The normalized spacial score (nSPS) is 33.8. The van der Waals surface area contributed by atoms with Gasteiger partial charge in [-0.15, -0.1) is 11.5 Å². The van der Waals surface area contributed by atoms with Crippen LogP contribution in [0, 0.1) is 17.4 Å². The van der Waals surface area contributed by atoms with E-state index in [0.29, 0.717) is 19.4 Å². The number of fused-ring (bicyclic) bond motifs is 1. The number of ether oxygens (including phenoxy) is 6. The minimum Gasteiger partial charge on any atom is -0.456 e. The largest absolute Gasteiger partial charge is 0.456 e. The van der Waals surface area contributed by atoms with Crippen molar-refractivity contribution in [3.63, 3.8) is 0 Å². The van der Waals surface area contributed by atoms with Crippen LogP contribution < -0.4 is 0 Å². The van der Waals surface area contributed by atoms with Gasteiger partial charge >= 0.3 is 5.97 Å². The van der Waals surface area contributed by atoms with Gasteiger partial charge in [0.1, 0.15) is 20.3 Å². The molecular formula is C24H38O7Si. The van der Waals surface area contributed by atoms with Crippen molar-refractivity contribution in [2.45, 2.75) is 109 Å². The first-order chi connectivity index (χ1) is 14.7. The van der Waals surface area contributed by atoms with Gasteiger partial charge in [-0.3, -0.25) is 4.79 Å². The summed E-state index contributed by atoms with van der Waals surface area (Å²) in [4.78, 5) is 13.2. The molecule has 0 N–H and O–H groups in total. The smallest absolute Gasteiger partial charge is 0.313 e. The Hall–Kier alpha value is -1.21. The van der Waals surface area contributed by atoms with Crippen LogP contribution in [0.25, 0.3) is 0 Å². The first-order valence-corrected chi connectivity index (χ1v) is 14.9. The molecule has 0 bridgehead atoms. The van der Waals surface area contributed by atoms with Crippen LogP contribution in [0.5, 0.6) is 0 Å². The third-order valence-corrected chi connectivity index (χ3v) is 6.50. The van der Waals surface area contributed by atoms with Crippen LogP contribution in [0.15, 0.2) is 12.2 Å². The molecule has 0 unspecified atom stereocenters. The first kappa shape index (κ1) is 25.4. The average molecular weight is 467 g/mol. The van der Waals surface area contributed by atoms with Crippen LogP contribution >= 0.6 is 0 Å². The number of esters is 1. The van der Waals surface area contributed by atoms with Crippen LogP contribution in [-0.4, -0.2) is 62.9 Å². The molecule has 0 saturated carbocycles.